The summed E-state index contributed by atoms with van der Waals surface area (Å²) in [6.45, 7) is 0.307. The van der Waals surface area contributed by atoms with Gasteiger partial charge in [-0.25, -0.2) is 13.8 Å². The molecule has 0 bridgehead atoms. The predicted octanol–water partition coefficient (Wildman–Crippen LogP) is 3.63. The summed E-state index contributed by atoms with van der Waals surface area (Å²) in [5.74, 6) is 0. The number of benzene rings is 1. The molecular weight excluding hydrogens is 260 g/mol. The Labute approximate surface area is 114 Å². The molecule has 0 aliphatic heterocycles. The van der Waals surface area contributed by atoms with Gasteiger partial charge in [-0.05, 0) is 29.8 Å². The minimum atomic E-state index is -2.54. The molecule has 2 aromatic heterocycles. The number of aromatic nitrogens is 2. The first-order valence-electron chi connectivity index (χ1n) is 6.24. The quantitative estimate of drug-likeness (QED) is 0.765. The Kier molecular flexibility index (Phi) is 3.20. The summed E-state index contributed by atoms with van der Waals surface area (Å²) >= 11 is 0. The molecule has 3 N–H and O–H groups in total. The fourth-order valence-corrected chi connectivity index (χ4v) is 2.22. The molecule has 3 nitrogen and oxygen atoms in total. The molecule has 0 amide bonds. The Hall–Kier alpha value is -2.27. The average molecular weight is 273 g/mol. The van der Waals surface area contributed by atoms with Crippen molar-refractivity contribution in [2.45, 2.75) is 13.0 Å². The van der Waals surface area contributed by atoms with Crippen LogP contribution in [0.4, 0.5) is 8.78 Å². The van der Waals surface area contributed by atoms with Gasteiger partial charge in [0, 0.05) is 29.3 Å². The fourth-order valence-electron chi connectivity index (χ4n) is 2.22. The number of halogens is 2. The van der Waals surface area contributed by atoms with E-state index in [9.17, 15) is 8.78 Å². The summed E-state index contributed by atoms with van der Waals surface area (Å²) < 4.78 is 26.3. The lowest BCUT2D eigenvalue weighted by Crippen LogP contribution is -1.99. The van der Waals surface area contributed by atoms with Crippen molar-refractivity contribution in [3.05, 3.63) is 53.7 Å². The summed E-state index contributed by atoms with van der Waals surface area (Å²) in [4.78, 5) is 7.38. The van der Waals surface area contributed by atoms with Crippen LogP contribution < -0.4 is 5.73 Å². The largest absolute Gasteiger partial charge is 0.346 e. The van der Waals surface area contributed by atoms with Crippen LogP contribution in [0, 0.1) is 0 Å². The number of nitrogens with one attached hydrogen (secondary N) is 1. The fraction of sp³-hybridized carbons (Fsp3) is 0.133. The number of H-pyrrole nitrogens is 1. The third-order valence-corrected chi connectivity index (χ3v) is 3.27. The van der Waals surface area contributed by atoms with E-state index >= 15 is 0 Å². The van der Waals surface area contributed by atoms with Gasteiger partial charge in [0.1, 0.15) is 5.65 Å². The molecule has 0 unspecified atom stereocenters. The minimum Gasteiger partial charge on any atom is -0.346 e. The van der Waals surface area contributed by atoms with Crippen molar-refractivity contribution >= 4 is 11.0 Å². The number of hydrogen-bond acceptors (Lipinski definition) is 2. The summed E-state index contributed by atoms with van der Waals surface area (Å²) in [5.41, 5.74) is 7.99. The van der Waals surface area contributed by atoms with Crippen LogP contribution in [0.1, 0.15) is 17.6 Å². The van der Waals surface area contributed by atoms with E-state index in [2.05, 4.69) is 9.97 Å². The summed E-state index contributed by atoms with van der Waals surface area (Å²) in [7, 11) is 0. The lowest BCUT2D eigenvalue weighted by molar-refractivity contribution is 0.152. The van der Waals surface area contributed by atoms with Crippen LogP contribution in [0.5, 0.6) is 0 Å². The van der Waals surface area contributed by atoms with Crippen LogP contribution in [-0.4, -0.2) is 9.97 Å². The van der Waals surface area contributed by atoms with E-state index in [0.717, 1.165) is 10.9 Å². The molecule has 2 heterocycles. The number of alkyl halides is 2. The van der Waals surface area contributed by atoms with Gasteiger partial charge >= 0.3 is 0 Å². The number of nitrogens with two attached hydrogens (primary N) is 1. The Morgan fingerprint density at radius 1 is 1.15 bits per heavy atom. The van der Waals surface area contributed by atoms with Gasteiger partial charge in [-0.15, -0.1) is 0 Å². The first-order chi connectivity index (χ1) is 9.69. The van der Waals surface area contributed by atoms with E-state index in [4.69, 9.17) is 5.73 Å². The molecule has 20 heavy (non-hydrogen) atoms. The standard InChI is InChI=1S/C15H13F2N3/c16-14(17)11-3-1-9(8-18)7-12(11)13-4-2-10-5-6-19-15(10)20-13/h1-7,14H,8,18H2,(H,19,20). The van der Waals surface area contributed by atoms with Crippen LogP contribution in [0.15, 0.2) is 42.6 Å². The molecule has 0 spiro atoms. The molecule has 0 atom stereocenters. The van der Waals surface area contributed by atoms with Crippen LogP contribution in [0.2, 0.25) is 0 Å². The van der Waals surface area contributed by atoms with E-state index < -0.39 is 6.43 Å². The molecule has 0 aliphatic rings. The van der Waals surface area contributed by atoms with Gasteiger partial charge in [0.05, 0.1) is 5.69 Å². The zero-order valence-corrected chi connectivity index (χ0v) is 10.6. The molecule has 0 fully saturated rings. The van der Waals surface area contributed by atoms with Crippen molar-refractivity contribution in [2.75, 3.05) is 0 Å². The highest BCUT2D eigenvalue weighted by Gasteiger charge is 2.16. The Bertz CT molecular complexity index is 750. The van der Waals surface area contributed by atoms with Gasteiger partial charge in [0.15, 0.2) is 0 Å². The summed E-state index contributed by atoms with van der Waals surface area (Å²) in [5, 5.41) is 0.947. The molecule has 0 radical (unpaired) electrons. The van der Waals surface area contributed by atoms with E-state index in [-0.39, 0.29) is 5.56 Å². The second-order valence-electron chi connectivity index (χ2n) is 4.54. The lowest BCUT2D eigenvalue weighted by Gasteiger charge is -2.10. The van der Waals surface area contributed by atoms with E-state index in [1.165, 1.54) is 6.07 Å². The van der Waals surface area contributed by atoms with E-state index in [0.29, 0.717) is 23.4 Å². The zero-order chi connectivity index (χ0) is 14.1. The third kappa shape index (κ3) is 2.16. The molecule has 0 saturated heterocycles. The maximum atomic E-state index is 13.1. The minimum absolute atomic E-state index is 0.0272. The summed E-state index contributed by atoms with van der Waals surface area (Å²) in [6, 6.07) is 10.2. The smallest absolute Gasteiger partial charge is 0.264 e. The van der Waals surface area contributed by atoms with Gasteiger partial charge < -0.3 is 10.7 Å². The van der Waals surface area contributed by atoms with Crippen molar-refractivity contribution in [1.29, 1.82) is 0 Å². The zero-order valence-electron chi connectivity index (χ0n) is 10.6. The Morgan fingerprint density at radius 2 is 2.00 bits per heavy atom. The number of nitrogens with zero attached hydrogens (tertiary/aromatic N) is 1. The highest BCUT2D eigenvalue weighted by atomic mass is 19.3. The van der Waals surface area contributed by atoms with Crippen LogP contribution in [0.25, 0.3) is 22.3 Å². The Morgan fingerprint density at radius 3 is 2.75 bits per heavy atom. The Balaban J connectivity index is 2.19. The monoisotopic (exact) mass is 273 g/mol. The molecule has 102 valence electrons. The average Bonchev–Trinajstić information content (AvgIpc) is 2.93. The normalized spacial score (nSPS) is 11.4. The highest BCUT2D eigenvalue weighted by molar-refractivity contribution is 5.79. The number of aromatic amines is 1. The number of pyridine rings is 1. The van der Waals surface area contributed by atoms with Crippen molar-refractivity contribution in [2.24, 2.45) is 5.73 Å². The second kappa shape index (κ2) is 5.02. The molecule has 1 aromatic carbocycles. The van der Waals surface area contributed by atoms with Gasteiger partial charge in [0.25, 0.3) is 6.43 Å². The lowest BCUT2D eigenvalue weighted by atomic mass is 10.0. The first kappa shape index (κ1) is 12.7. The van der Waals surface area contributed by atoms with E-state index in [1.807, 2.05) is 12.1 Å². The maximum absolute atomic E-state index is 13.1. The topological polar surface area (TPSA) is 54.7 Å². The molecule has 0 saturated carbocycles. The molecular formula is C15H13F2N3. The van der Waals surface area contributed by atoms with Gasteiger partial charge in [0.2, 0.25) is 0 Å². The molecule has 5 heteroatoms. The second-order valence-corrected chi connectivity index (χ2v) is 4.54. The van der Waals surface area contributed by atoms with Crippen molar-refractivity contribution in [3.8, 4) is 11.3 Å². The van der Waals surface area contributed by atoms with Crippen LogP contribution in [0.3, 0.4) is 0 Å². The number of rotatable bonds is 3. The van der Waals surface area contributed by atoms with E-state index in [1.54, 1.807) is 24.4 Å². The molecule has 3 aromatic rings. The van der Waals surface area contributed by atoms with Crippen molar-refractivity contribution < 1.29 is 8.78 Å². The first-order valence-corrected chi connectivity index (χ1v) is 6.24. The third-order valence-electron chi connectivity index (χ3n) is 3.27. The van der Waals surface area contributed by atoms with Gasteiger partial charge in [-0.2, -0.15) is 0 Å². The number of fused-ring (bicyclic) bond motifs is 1. The highest BCUT2D eigenvalue weighted by Crippen LogP contribution is 2.31. The molecule has 0 aliphatic carbocycles. The van der Waals surface area contributed by atoms with Crippen molar-refractivity contribution in [1.82, 2.24) is 9.97 Å². The van der Waals surface area contributed by atoms with Gasteiger partial charge in [-0.1, -0.05) is 12.1 Å². The SMILES string of the molecule is NCc1ccc(C(F)F)c(-c2ccc3cc[nH]c3n2)c1. The van der Waals surface area contributed by atoms with Crippen molar-refractivity contribution in [3.63, 3.8) is 0 Å². The van der Waals surface area contributed by atoms with Gasteiger partial charge in [-0.3, -0.25) is 0 Å². The molecule has 3 rings (SSSR count). The van der Waals surface area contributed by atoms with Crippen LogP contribution >= 0.6 is 0 Å². The maximum Gasteiger partial charge on any atom is 0.264 e. The summed E-state index contributed by atoms with van der Waals surface area (Å²) in [6.07, 6.45) is -0.774. The van der Waals surface area contributed by atoms with Crippen LogP contribution in [-0.2, 0) is 6.54 Å². The number of hydrogen-bond donors (Lipinski definition) is 2. The predicted molar refractivity (Wildman–Crippen MR) is 74.4 cm³/mol.